The van der Waals surface area contributed by atoms with Gasteiger partial charge in [-0.1, -0.05) is 17.7 Å². The molecule has 1 heterocycles. The lowest BCUT2D eigenvalue weighted by molar-refractivity contribution is -0.385. The van der Waals surface area contributed by atoms with Crippen LogP contribution in [0.1, 0.15) is 27.3 Å². The van der Waals surface area contributed by atoms with Crippen LogP contribution in [0.5, 0.6) is 0 Å². The maximum absolute atomic E-state index is 11.0. The van der Waals surface area contributed by atoms with Gasteiger partial charge in [-0.2, -0.15) is 0 Å². The van der Waals surface area contributed by atoms with E-state index in [9.17, 15) is 10.1 Å². The van der Waals surface area contributed by atoms with Crippen LogP contribution in [-0.2, 0) is 25.9 Å². The number of hydrogen-bond donors (Lipinski definition) is 1. The van der Waals surface area contributed by atoms with E-state index in [0.29, 0.717) is 17.1 Å². The number of nitro benzene ring substituents is 1. The minimum atomic E-state index is -0.386. The Hall–Kier alpha value is -1.43. The highest BCUT2D eigenvalue weighted by Crippen LogP contribution is 2.31. The fraction of sp³-hybridized carbons (Fsp3) is 0.333. The molecule has 1 N–H and O–H groups in total. The van der Waals surface area contributed by atoms with E-state index < -0.39 is 0 Å². The minimum absolute atomic E-state index is 0.0728. The van der Waals surface area contributed by atoms with Gasteiger partial charge in [-0.05, 0) is 37.0 Å². The molecule has 0 spiro atoms. The molecule has 0 saturated heterocycles. The maximum Gasteiger partial charge on any atom is 0.275 e. The van der Waals surface area contributed by atoms with Crippen molar-refractivity contribution in [2.75, 3.05) is 0 Å². The predicted molar refractivity (Wildman–Crippen MR) is 85.0 cm³/mol. The zero-order chi connectivity index (χ0) is 14.8. The molecule has 110 valence electrons. The highest BCUT2D eigenvalue weighted by Gasteiger charge is 2.17. The Labute approximate surface area is 131 Å². The Morgan fingerprint density at radius 2 is 2.19 bits per heavy atom. The Morgan fingerprint density at radius 1 is 1.33 bits per heavy atom. The summed E-state index contributed by atoms with van der Waals surface area (Å²) in [5.74, 6) is 0. The Balaban J connectivity index is 1.66. The van der Waals surface area contributed by atoms with Gasteiger partial charge in [-0.3, -0.25) is 10.1 Å². The molecule has 1 aromatic carbocycles. The van der Waals surface area contributed by atoms with Crippen LogP contribution in [0.3, 0.4) is 0 Å². The SMILES string of the molecule is O=[N+]([O-])c1cccc(Cl)c1CNCc1cc2c(s1)CCC2. The number of thiophene rings is 1. The Kier molecular flexibility index (Phi) is 4.24. The highest BCUT2D eigenvalue weighted by atomic mass is 35.5. The zero-order valence-corrected chi connectivity index (χ0v) is 13.0. The van der Waals surface area contributed by atoms with Gasteiger partial charge in [0.15, 0.2) is 0 Å². The number of nitrogens with zero attached hydrogens (tertiary/aromatic N) is 1. The first-order chi connectivity index (χ1) is 10.1. The van der Waals surface area contributed by atoms with Crippen LogP contribution >= 0.6 is 22.9 Å². The monoisotopic (exact) mass is 322 g/mol. The van der Waals surface area contributed by atoms with Gasteiger partial charge < -0.3 is 5.32 Å². The van der Waals surface area contributed by atoms with Crippen molar-refractivity contribution in [3.05, 3.63) is 60.3 Å². The van der Waals surface area contributed by atoms with Crippen LogP contribution in [0, 0.1) is 10.1 Å². The number of rotatable bonds is 5. The number of halogens is 1. The summed E-state index contributed by atoms with van der Waals surface area (Å²) in [5, 5.41) is 14.7. The van der Waals surface area contributed by atoms with E-state index in [-0.39, 0.29) is 10.6 Å². The molecule has 3 rings (SSSR count). The molecule has 21 heavy (non-hydrogen) atoms. The number of fused-ring (bicyclic) bond motifs is 1. The van der Waals surface area contributed by atoms with Crippen molar-refractivity contribution in [2.24, 2.45) is 0 Å². The number of aryl methyl sites for hydroxylation is 2. The number of hydrogen-bond acceptors (Lipinski definition) is 4. The lowest BCUT2D eigenvalue weighted by atomic mass is 10.2. The summed E-state index contributed by atoms with van der Waals surface area (Å²) in [6.45, 7) is 1.12. The van der Waals surface area contributed by atoms with Crippen LogP contribution < -0.4 is 5.32 Å². The van der Waals surface area contributed by atoms with E-state index in [1.807, 2.05) is 11.3 Å². The van der Waals surface area contributed by atoms with Gasteiger partial charge in [-0.25, -0.2) is 0 Å². The second-order valence-electron chi connectivity index (χ2n) is 5.11. The van der Waals surface area contributed by atoms with E-state index in [1.54, 1.807) is 12.1 Å². The van der Waals surface area contributed by atoms with Gasteiger partial charge in [0.1, 0.15) is 0 Å². The molecular weight excluding hydrogens is 308 g/mol. The molecule has 0 atom stereocenters. The second-order valence-corrected chi connectivity index (χ2v) is 6.74. The number of nitro groups is 1. The molecule has 0 unspecified atom stereocenters. The van der Waals surface area contributed by atoms with Gasteiger partial charge in [-0.15, -0.1) is 11.3 Å². The van der Waals surface area contributed by atoms with Crippen molar-refractivity contribution in [2.45, 2.75) is 32.4 Å². The smallest absolute Gasteiger partial charge is 0.275 e. The summed E-state index contributed by atoms with van der Waals surface area (Å²) < 4.78 is 0. The molecule has 0 radical (unpaired) electrons. The average Bonchev–Trinajstić information content (AvgIpc) is 3.01. The summed E-state index contributed by atoms with van der Waals surface area (Å²) in [4.78, 5) is 13.4. The van der Waals surface area contributed by atoms with Crippen molar-refractivity contribution < 1.29 is 4.92 Å². The maximum atomic E-state index is 11.0. The molecule has 0 aliphatic heterocycles. The summed E-state index contributed by atoms with van der Waals surface area (Å²) >= 11 is 7.92. The molecule has 4 nitrogen and oxygen atoms in total. The first-order valence-electron chi connectivity index (χ1n) is 6.88. The third kappa shape index (κ3) is 3.10. The largest absolute Gasteiger partial charge is 0.307 e. The zero-order valence-electron chi connectivity index (χ0n) is 11.4. The molecule has 6 heteroatoms. The van der Waals surface area contributed by atoms with Crippen molar-refractivity contribution in [3.63, 3.8) is 0 Å². The third-order valence-electron chi connectivity index (χ3n) is 3.69. The summed E-state index contributed by atoms with van der Waals surface area (Å²) in [6, 6.07) is 7.03. The van der Waals surface area contributed by atoms with E-state index >= 15 is 0 Å². The average molecular weight is 323 g/mol. The standard InChI is InChI=1S/C15H15ClN2O2S/c16-13-4-2-5-14(18(19)20)12(13)9-17-8-11-7-10-3-1-6-15(10)21-11/h2,4-5,7,17H,1,3,6,8-9H2. The second kappa shape index (κ2) is 6.13. The fourth-order valence-electron chi connectivity index (χ4n) is 2.68. The number of nitrogens with one attached hydrogen (secondary N) is 1. The van der Waals surface area contributed by atoms with E-state index in [4.69, 9.17) is 11.6 Å². The molecule has 1 aromatic heterocycles. The van der Waals surface area contributed by atoms with Gasteiger partial charge in [0, 0.05) is 28.9 Å². The van der Waals surface area contributed by atoms with Crippen LogP contribution in [-0.4, -0.2) is 4.92 Å². The third-order valence-corrected chi connectivity index (χ3v) is 5.28. The van der Waals surface area contributed by atoms with Gasteiger partial charge >= 0.3 is 0 Å². The van der Waals surface area contributed by atoms with Crippen molar-refractivity contribution in [3.8, 4) is 0 Å². The van der Waals surface area contributed by atoms with E-state index in [0.717, 1.165) is 6.54 Å². The lowest BCUT2D eigenvalue weighted by Crippen LogP contribution is -2.13. The van der Waals surface area contributed by atoms with Crippen LogP contribution in [0.25, 0.3) is 0 Å². The first-order valence-corrected chi connectivity index (χ1v) is 8.07. The van der Waals surface area contributed by atoms with Crippen molar-refractivity contribution in [1.29, 1.82) is 0 Å². The summed E-state index contributed by atoms with van der Waals surface area (Å²) in [6.07, 6.45) is 3.64. The molecule has 0 amide bonds. The minimum Gasteiger partial charge on any atom is -0.307 e. The van der Waals surface area contributed by atoms with Crippen LogP contribution in [0.2, 0.25) is 5.02 Å². The van der Waals surface area contributed by atoms with Crippen molar-refractivity contribution >= 4 is 28.6 Å². The summed E-state index contributed by atoms with van der Waals surface area (Å²) in [7, 11) is 0. The predicted octanol–water partition coefficient (Wildman–Crippen LogP) is 4.09. The van der Waals surface area contributed by atoms with Crippen LogP contribution in [0.4, 0.5) is 5.69 Å². The topological polar surface area (TPSA) is 55.2 Å². The van der Waals surface area contributed by atoms with Crippen LogP contribution in [0.15, 0.2) is 24.3 Å². The first kappa shape index (κ1) is 14.5. The summed E-state index contributed by atoms with van der Waals surface area (Å²) in [5.41, 5.74) is 2.09. The van der Waals surface area contributed by atoms with Gasteiger partial charge in [0.25, 0.3) is 5.69 Å². The molecule has 0 bridgehead atoms. The highest BCUT2D eigenvalue weighted by molar-refractivity contribution is 7.12. The van der Waals surface area contributed by atoms with Crippen molar-refractivity contribution in [1.82, 2.24) is 5.32 Å². The van der Waals surface area contributed by atoms with Gasteiger partial charge in [0.05, 0.1) is 15.5 Å². The quantitative estimate of drug-likeness (QED) is 0.666. The molecule has 0 fully saturated rings. The Bertz CT molecular complexity index is 663. The van der Waals surface area contributed by atoms with E-state index in [1.165, 1.54) is 40.6 Å². The molecule has 1 aliphatic rings. The lowest BCUT2D eigenvalue weighted by Gasteiger charge is -2.06. The molecule has 1 aliphatic carbocycles. The Morgan fingerprint density at radius 3 is 2.95 bits per heavy atom. The normalized spacial score (nSPS) is 13.4. The molecular formula is C15H15ClN2O2S. The fourth-order valence-corrected chi connectivity index (χ4v) is 4.15. The number of benzene rings is 1. The van der Waals surface area contributed by atoms with Gasteiger partial charge in [0.2, 0.25) is 0 Å². The molecule has 0 saturated carbocycles. The van der Waals surface area contributed by atoms with E-state index in [2.05, 4.69) is 11.4 Å². The molecule has 2 aromatic rings.